The summed E-state index contributed by atoms with van der Waals surface area (Å²) < 4.78 is 53.9. The third-order valence-corrected chi connectivity index (χ3v) is 10.4. The van der Waals surface area contributed by atoms with Crippen LogP contribution >= 0.6 is 0 Å². The number of carbonyl (C=O) groups excluding carboxylic acids is 2. The smallest absolute Gasteiger partial charge is 0.306 e. The minimum atomic E-state index is -4.60. The summed E-state index contributed by atoms with van der Waals surface area (Å²) in [5, 5.41) is 30.8. The highest BCUT2D eigenvalue weighted by molar-refractivity contribution is 7.85. The van der Waals surface area contributed by atoms with Gasteiger partial charge in [-0.05, 0) is 51.4 Å². The molecule has 1 rings (SSSR count). The molecular formula is C44H76O12S. The number of esters is 2. The molecule has 1 aliphatic heterocycles. The van der Waals surface area contributed by atoms with E-state index in [1.165, 1.54) is 38.5 Å². The van der Waals surface area contributed by atoms with Gasteiger partial charge in [-0.25, -0.2) is 0 Å². The van der Waals surface area contributed by atoms with Crippen LogP contribution in [0.25, 0.3) is 0 Å². The van der Waals surface area contributed by atoms with Gasteiger partial charge in [0.1, 0.15) is 36.8 Å². The minimum Gasteiger partial charge on any atom is -0.462 e. The normalized spacial score (nSPS) is 21.0. The van der Waals surface area contributed by atoms with Crippen LogP contribution in [0, 0.1) is 0 Å². The van der Waals surface area contributed by atoms with Crippen LogP contribution < -0.4 is 0 Å². The maximum atomic E-state index is 12.8. The molecule has 0 bridgehead atoms. The molecular weight excluding hydrogens is 753 g/mol. The molecule has 0 aromatic carbocycles. The van der Waals surface area contributed by atoms with E-state index in [0.29, 0.717) is 12.8 Å². The third kappa shape index (κ3) is 29.5. The lowest BCUT2D eigenvalue weighted by Crippen LogP contribution is -2.60. The summed E-state index contributed by atoms with van der Waals surface area (Å²) in [6, 6.07) is 0. The van der Waals surface area contributed by atoms with Gasteiger partial charge in [0.15, 0.2) is 12.4 Å². The summed E-state index contributed by atoms with van der Waals surface area (Å²) >= 11 is 0. The molecule has 1 saturated heterocycles. The van der Waals surface area contributed by atoms with Crippen molar-refractivity contribution in [3.8, 4) is 0 Å². The molecule has 0 aromatic rings. The SMILES string of the molecule is CC/C=C\C/C=C\C/C=C\C/C=C\CCCCCCCCC(=O)OC(COC(=O)CCCCCCCCCCCC)COC1OC(CS(=O)(=O)O)C(O)C(O)C1O. The molecule has 0 aromatic heterocycles. The van der Waals surface area contributed by atoms with Crippen LogP contribution in [-0.4, -0.2) is 96.0 Å². The van der Waals surface area contributed by atoms with Gasteiger partial charge >= 0.3 is 11.9 Å². The Labute approximate surface area is 343 Å². The van der Waals surface area contributed by atoms with Crippen molar-refractivity contribution < 1.29 is 56.8 Å². The van der Waals surface area contributed by atoms with Crippen LogP contribution in [0.15, 0.2) is 48.6 Å². The number of aliphatic hydroxyl groups is 3. The first kappa shape index (κ1) is 52.6. The van der Waals surface area contributed by atoms with E-state index in [1.54, 1.807) is 0 Å². The lowest BCUT2D eigenvalue weighted by molar-refractivity contribution is -0.297. The lowest BCUT2D eigenvalue weighted by Gasteiger charge is -2.40. The molecule has 0 spiro atoms. The monoisotopic (exact) mass is 829 g/mol. The van der Waals surface area contributed by atoms with Crippen molar-refractivity contribution in [3.63, 3.8) is 0 Å². The fourth-order valence-corrected chi connectivity index (χ4v) is 7.00. The Kier molecular flexibility index (Phi) is 31.8. The van der Waals surface area contributed by atoms with E-state index in [4.69, 9.17) is 18.9 Å². The second kappa shape index (κ2) is 34.5. The van der Waals surface area contributed by atoms with Crippen LogP contribution in [0.4, 0.5) is 0 Å². The second-order valence-corrected chi connectivity index (χ2v) is 16.5. The zero-order chi connectivity index (χ0) is 42.0. The largest absolute Gasteiger partial charge is 0.462 e. The second-order valence-electron chi connectivity index (χ2n) is 15.0. The zero-order valence-corrected chi connectivity index (χ0v) is 35.7. The van der Waals surface area contributed by atoms with Gasteiger partial charge in [-0.2, -0.15) is 8.42 Å². The van der Waals surface area contributed by atoms with Crippen molar-refractivity contribution in [2.45, 2.75) is 198 Å². The van der Waals surface area contributed by atoms with Gasteiger partial charge in [-0.15, -0.1) is 0 Å². The van der Waals surface area contributed by atoms with Gasteiger partial charge < -0.3 is 34.3 Å². The van der Waals surface area contributed by atoms with Crippen molar-refractivity contribution in [2.24, 2.45) is 0 Å². The average Bonchev–Trinajstić information content (AvgIpc) is 3.17. The maximum absolute atomic E-state index is 12.8. The highest BCUT2D eigenvalue weighted by atomic mass is 32.2. The number of hydrogen-bond donors (Lipinski definition) is 4. The number of rotatable bonds is 35. The molecule has 1 fully saturated rings. The Hall–Kier alpha value is -2.39. The molecule has 1 heterocycles. The Morgan fingerprint density at radius 3 is 1.65 bits per heavy atom. The average molecular weight is 829 g/mol. The summed E-state index contributed by atoms with van der Waals surface area (Å²) in [5.74, 6) is -2.00. The van der Waals surface area contributed by atoms with Gasteiger partial charge in [-0.3, -0.25) is 14.1 Å². The van der Waals surface area contributed by atoms with Crippen LogP contribution in [-0.2, 0) is 38.7 Å². The summed E-state index contributed by atoms with van der Waals surface area (Å²) in [6.45, 7) is 3.60. The van der Waals surface area contributed by atoms with Crippen LogP contribution in [0.5, 0.6) is 0 Å². The van der Waals surface area contributed by atoms with Crippen LogP contribution in [0.1, 0.15) is 162 Å². The zero-order valence-electron chi connectivity index (χ0n) is 34.9. The fourth-order valence-electron chi connectivity index (χ4n) is 6.31. The van der Waals surface area contributed by atoms with Crippen LogP contribution in [0.3, 0.4) is 0 Å². The van der Waals surface area contributed by atoms with E-state index in [1.807, 2.05) is 0 Å². The first-order chi connectivity index (χ1) is 27.5. The Morgan fingerprint density at radius 1 is 0.614 bits per heavy atom. The van der Waals surface area contributed by atoms with Crippen molar-refractivity contribution in [1.82, 2.24) is 0 Å². The number of hydrogen-bond acceptors (Lipinski definition) is 11. The molecule has 0 saturated carbocycles. The topological polar surface area (TPSA) is 186 Å². The summed E-state index contributed by atoms with van der Waals surface area (Å²) in [5.41, 5.74) is 0. The third-order valence-electron chi connectivity index (χ3n) is 9.67. The van der Waals surface area contributed by atoms with Gasteiger partial charge in [0.2, 0.25) is 0 Å². The highest BCUT2D eigenvalue weighted by Crippen LogP contribution is 2.24. The van der Waals surface area contributed by atoms with E-state index in [9.17, 15) is 37.9 Å². The molecule has 13 heteroatoms. The number of carbonyl (C=O) groups is 2. The van der Waals surface area contributed by atoms with E-state index in [0.717, 1.165) is 83.5 Å². The standard InChI is InChI=1S/C44H76O12S/c1-3-5-7-9-11-13-15-16-17-18-19-20-21-22-23-25-27-29-31-33-40(46)55-37(34-53-39(45)32-30-28-26-24-14-12-10-8-6-4-2)35-54-44-43(49)42(48)41(47)38(56-44)36-57(50,51)52/h5,7,11,13,16-17,19-20,37-38,41-44,47-49H,3-4,6,8-10,12,14-15,18,21-36H2,1-2H3,(H,50,51,52)/b7-5-,13-11-,17-16-,20-19-. The molecule has 6 unspecified atom stereocenters. The molecule has 0 radical (unpaired) electrons. The summed E-state index contributed by atoms with van der Waals surface area (Å²) in [6.07, 6.45) is 30.2. The highest BCUT2D eigenvalue weighted by Gasteiger charge is 2.46. The molecule has 57 heavy (non-hydrogen) atoms. The molecule has 0 aliphatic carbocycles. The molecule has 330 valence electrons. The lowest BCUT2D eigenvalue weighted by atomic mass is 10.00. The number of aliphatic hydroxyl groups excluding tert-OH is 3. The van der Waals surface area contributed by atoms with E-state index >= 15 is 0 Å². The summed E-state index contributed by atoms with van der Waals surface area (Å²) in [4.78, 5) is 25.3. The van der Waals surface area contributed by atoms with E-state index < -0.39 is 71.2 Å². The predicted molar refractivity (Wildman–Crippen MR) is 224 cm³/mol. The summed E-state index contributed by atoms with van der Waals surface area (Å²) in [7, 11) is -4.60. The Morgan fingerprint density at radius 2 is 1.11 bits per heavy atom. The van der Waals surface area contributed by atoms with Crippen molar-refractivity contribution in [2.75, 3.05) is 19.0 Å². The minimum absolute atomic E-state index is 0.148. The molecule has 4 N–H and O–H groups in total. The van der Waals surface area contributed by atoms with Gasteiger partial charge in [0.05, 0.1) is 6.61 Å². The van der Waals surface area contributed by atoms with Crippen LogP contribution in [0.2, 0.25) is 0 Å². The van der Waals surface area contributed by atoms with E-state index in [2.05, 4.69) is 62.5 Å². The predicted octanol–water partition coefficient (Wildman–Crippen LogP) is 8.39. The quantitative estimate of drug-likeness (QED) is 0.0207. The van der Waals surface area contributed by atoms with Gasteiger partial charge in [0.25, 0.3) is 10.1 Å². The molecule has 1 aliphatic rings. The Bertz CT molecular complexity index is 1250. The number of ether oxygens (including phenoxy) is 4. The van der Waals surface area contributed by atoms with Crippen molar-refractivity contribution >= 4 is 22.1 Å². The van der Waals surface area contributed by atoms with Gasteiger partial charge in [0, 0.05) is 12.8 Å². The molecule has 12 nitrogen and oxygen atoms in total. The number of allylic oxidation sites excluding steroid dienone is 8. The maximum Gasteiger partial charge on any atom is 0.306 e. The van der Waals surface area contributed by atoms with Crippen molar-refractivity contribution in [1.29, 1.82) is 0 Å². The Balaban J connectivity index is 2.46. The first-order valence-corrected chi connectivity index (χ1v) is 23.3. The molecule has 0 amide bonds. The first-order valence-electron chi connectivity index (χ1n) is 21.7. The molecule has 6 atom stereocenters. The fraction of sp³-hybridized carbons (Fsp3) is 0.773. The number of unbranched alkanes of at least 4 members (excludes halogenated alkanes) is 15. The van der Waals surface area contributed by atoms with E-state index in [-0.39, 0.29) is 19.4 Å². The van der Waals surface area contributed by atoms with Gasteiger partial charge in [-0.1, -0.05) is 146 Å². The van der Waals surface area contributed by atoms with Crippen molar-refractivity contribution in [3.05, 3.63) is 48.6 Å².